The zero-order chi connectivity index (χ0) is 14.4. The molecular formula is C17H35N3. The number of hydrogen-bond acceptors (Lipinski definition) is 3. The number of nitrogens with zero attached hydrogens (tertiary/aromatic N) is 2. The lowest BCUT2D eigenvalue weighted by Gasteiger charge is -2.37. The Morgan fingerprint density at radius 2 is 1.90 bits per heavy atom. The van der Waals surface area contributed by atoms with Gasteiger partial charge in [0.05, 0.1) is 0 Å². The molecule has 1 saturated heterocycles. The van der Waals surface area contributed by atoms with Crippen molar-refractivity contribution in [3.05, 3.63) is 0 Å². The summed E-state index contributed by atoms with van der Waals surface area (Å²) >= 11 is 0. The van der Waals surface area contributed by atoms with Gasteiger partial charge in [0.15, 0.2) is 0 Å². The smallest absolute Gasteiger partial charge is 0.0223 e. The third-order valence-electron chi connectivity index (χ3n) is 5.11. The number of hydrogen-bond donors (Lipinski definition) is 1. The van der Waals surface area contributed by atoms with Crippen molar-refractivity contribution in [3.63, 3.8) is 0 Å². The molecule has 0 aromatic carbocycles. The predicted octanol–water partition coefficient (Wildman–Crippen LogP) is 2.57. The number of likely N-dealkylation sites (tertiary alicyclic amines) is 1. The topological polar surface area (TPSA) is 18.5 Å². The molecule has 2 fully saturated rings. The average molecular weight is 281 g/mol. The van der Waals surface area contributed by atoms with Crippen LogP contribution in [0.25, 0.3) is 0 Å². The summed E-state index contributed by atoms with van der Waals surface area (Å²) in [5, 5.41) is 3.81. The Balaban J connectivity index is 1.85. The molecule has 1 aliphatic heterocycles. The highest BCUT2D eigenvalue weighted by Gasteiger charge is 2.31. The van der Waals surface area contributed by atoms with Gasteiger partial charge >= 0.3 is 0 Å². The fraction of sp³-hybridized carbons (Fsp3) is 1.00. The Morgan fingerprint density at radius 3 is 2.65 bits per heavy atom. The summed E-state index contributed by atoms with van der Waals surface area (Å²) in [5.74, 6) is 0.887. The maximum absolute atomic E-state index is 3.81. The van der Waals surface area contributed by atoms with Crippen LogP contribution < -0.4 is 5.32 Å². The Kier molecular flexibility index (Phi) is 6.79. The van der Waals surface area contributed by atoms with Crippen LogP contribution in [0.4, 0.5) is 0 Å². The summed E-state index contributed by atoms with van der Waals surface area (Å²) in [6, 6.07) is 1.59. The van der Waals surface area contributed by atoms with Crippen molar-refractivity contribution >= 4 is 0 Å². The van der Waals surface area contributed by atoms with Gasteiger partial charge in [0.2, 0.25) is 0 Å². The molecule has 0 radical (unpaired) electrons. The van der Waals surface area contributed by atoms with Crippen molar-refractivity contribution in [3.8, 4) is 0 Å². The SMILES string of the molecule is CCCNC1CCCCC1CN1CCCC1CN(C)C. The Hall–Kier alpha value is -0.120. The molecular weight excluding hydrogens is 246 g/mol. The number of nitrogens with one attached hydrogen (secondary N) is 1. The molecule has 3 atom stereocenters. The van der Waals surface area contributed by atoms with Gasteiger partial charge in [-0.05, 0) is 65.2 Å². The van der Waals surface area contributed by atoms with Gasteiger partial charge in [0.25, 0.3) is 0 Å². The third kappa shape index (κ3) is 4.71. The van der Waals surface area contributed by atoms with Crippen molar-refractivity contribution < 1.29 is 0 Å². The highest BCUT2D eigenvalue weighted by atomic mass is 15.2. The molecule has 0 aromatic heterocycles. The Morgan fingerprint density at radius 1 is 1.10 bits per heavy atom. The average Bonchev–Trinajstić information content (AvgIpc) is 2.84. The summed E-state index contributed by atoms with van der Waals surface area (Å²) < 4.78 is 0. The van der Waals surface area contributed by atoms with Gasteiger partial charge < -0.3 is 10.2 Å². The van der Waals surface area contributed by atoms with E-state index in [0.29, 0.717) is 0 Å². The molecule has 0 amide bonds. The summed E-state index contributed by atoms with van der Waals surface area (Å²) in [6.07, 6.45) is 9.77. The van der Waals surface area contributed by atoms with Crippen LogP contribution in [-0.2, 0) is 0 Å². The van der Waals surface area contributed by atoms with Gasteiger partial charge in [-0.3, -0.25) is 4.90 Å². The van der Waals surface area contributed by atoms with Gasteiger partial charge in [-0.2, -0.15) is 0 Å². The lowest BCUT2D eigenvalue weighted by Crippen LogP contribution is -2.47. The van der Waals surface area contributed by atoms with Gasteiger partial charge in [-0.25, -0.2) is 0 Å². The first kappa shape index (κ1) is 16.3. The molecule has 3 unspecified atom stereocenters. The van der Waals surface area contributed by atoms with Crippen LogP contribution in [0.5, 0.6) is 0 Å². The molecule has 118 valence electrons. The van der Waals surface area contributed by atoms with Crippen molar-refractivity contribution in [1.82, 2.24) is 15.1 Å². The van der Waals surface area contributed by atoms with Crippen LogP contribution in [0.2, 0.25) is 0 Å². The van der Waals surface area contributed by atoms with E-state index in [0.717, 1.165) is 18.0 Å². The second-order valence-corrected chi connectivity index (χ2v) is 7.16. The number of rotatable bonds is 7. The Bertz CT molecular complexity index is 267. The predicted molar refractivity (Wildman–Crippen MR) is 87.2 cm³/mol. The van der Waals surface area contributed by atoms with E-state index in [1.54, 1.807) is 0 Å². The van der Waals surface area contributed by atoms with Gasteiger partial charge in [0.1, 0.15) is 0 Å². The van der Waals surface area contributed by atoms with Crippen LogP contribution in [-0.4, -0.2) is 62.2 Å². The van der Waals surface area contributed by atoms with Crippen molar-refractivity contribution in [2.75, 3.05) is 40.3 Å². The van der Waals surface area contributed by atoms with E-state index in [2.05, 4.69) is 36.1 Å². The zero-order valence-electron chi connectivity index (χ0n) is 13.9. The van der Waals surface area contributed by atoms with E-state index in [9.17, 15) is 0 Å². The van der Waals surface area contributed by atoms with E-state index in [1.807, 2.05) is 0 Å². The minimum atomic E-state index is 0.782. The molecule has 0 spiro atoms. The highest BCUT2D eigenvalue weighted by Crippen LogP contribution is 2.28. The van der Waals surface area contributed by atoms with Gasteiger partial charge in [0, 0.05) is 25.2 Å². The lowest BCUT2D eigenvalue weighted by molar-refractivity contribution is 0.142. The molecule has 3 heteroatoms. The second-order valence-electron chi connectivity index (χ2n) is 7.16. The quantitative estimate of drug-likeness (QED) is 0.774. The van der Waals surface area contributed by atoms with E-state index < -0.39 is 0 Å². The first-order valence-corrected chi connectivity index (χ1v) is 8.83. The van der Waals surface area contributed by atoms with Crippen LogP contribution in [0, 0.1) is 5.92 Å². The van der Waals surface area contributed by atoms with E-state index >= 15 is 0 Å². The third-order valence-corrected chi connectivity index (χ3v) is 5.11. The summed E-state index contributed by atoms with van der Waals surface area (Å²) in [5.41, 5.74) is 0. The fourth-order valence-electron chi connectivity index (χ4n) is 4.09. The van der Waals surface area contributed by atoms with Crippen LogP contribution in [0.15, 0.2) is 0 Å². The summed E-state index contributed by atoms with van der Waals surface area (Å²) in [6.45, 7) is 7.37. The molecule has 1 saturated carbocycles. The lowest BCUT2D eigenvalue weighted by atomic mass is 9.84. The molecule has 3 nitrogen and oxygen atoms in total. The zero-order valence-corrected chi connectivity index (χ0v) is 13.9. The minimum absolute atomic E-state index is 0.782. The molecule has 0 bridgehead atoms. The normalized spacial score (nSPS) is 32.1. The van der Waals surface area contributed by atoms with Crippen molar-refractivity contribution in [2.45, 2.75) is 64.0 Å². The maximum Gasteiger partial charge on any atom is 0.0223 e. The van der Waals surface area contributed by atoms with Gasteiger partial charge in [-0.1, -0.05) is 19.8 Å². The number of likely N-dealkylation sites (N-methyl/N-ethyl adjacent to an activating group) is 1. The van der Waals surface area contributed by atoms with E-state index in [1.165, 1.54) is 71.1 Å². The molecule has 20 heavy (non-hydrogen) atoms. The van der Waals surface area contributed by atoms with Crippen LogP contribution in [0.3, 0.4) is 0 Å². The van der Waals surface area contributed by atoms with E-state index in [4.69, 9.17) is 0 Å². The summed E-state index contributed by atoms with van der Waals surface area (Å²) in [4.78, 5) is 5.15. The van der Waals surface area contributed by atoms with Crippen LogP contribution >= 0.6 is 0 Å². The molecule has 2 rings (SSSR count). The Labute approximate surface area is 126 Å². The minimum Gasteiger partial charge on any atom is -0.314 e. The molecule has 0 aromatic rings. The van der Waals surface area contributed by atoms with Crippen LogP contribution in [0.1, 0.15) is 51.9 Å². The standard InChI is InChI=1S/C17H35N3/c1-4-11-18-17-10-6-5-8-15(17)13-20-12-7-9-16(20)14-19(2)3/h15-18H,4-14H2,1-3H3. The van der Waals surface area contributed by atoms with Crippen molar-refractivity contribution in [1.29, 1.82) is 0 Å². The molecule has 1 aliphatic carbocycles. The molecule has 1 N–H and O–H groups in total. The second kappa shape index (κ2) is 8.35. The van der Waals surface area contributed by atoms with Gasteiger partial charge in [-0.15, -0.1) is 0 Å². The maximum atomic E-state index is 3.81. The monoisotopic (exact) mass is 281 g/mol. The highest BCUT2D eigenvalue weighted by molar-refractivity contribution is 4.88. The summed E-state index contributed by atoms with van der Waals surface area (Å²) in [7, 11) is 4.42. The first-order chi connectivity index (χ1) is 9.70. The van der Waals surface area contributed by atoms with E-state index in [-0.39, 0.29) is 0 Å². The van der Waals surface area contributed by atoms with Crippen molar-refractivity contribution in [2.24, 2.45) is 5.92 Å². The fourth-order valence-corrected chi connectivity index (χ4v) is 4.09. The largest absolute Gasteiger partial charge is 0.314 e. The molecule has 2 aliphatic rings. The first-order valence-electron chi connectivity index (χ1n) is 8.83. The molecule has 1 heterocycles.